The van der Waals surface area contributed by atoms with Crippen molar-refractivity contribution in [2.24, 2.45) is 5.92 Å². The van der Waals surface area contributed by atoms with Crippen molar-refractivity contribution >= 4 is 5.91 Å². The van der Waals surface area contributed by atoms with Gasteiger partial charge >= 0.3 is 0 Å². The highest BCUT2D eigenvalue weighted by atomic mass is 16.5. The van der Waals surface area contributed by atoms with Gasteiger partial charge in [0.2, 0.25) is 5.76 Å². The van der Waals surface area contributed by atoms with Crippen LogP contribution >= 0.6 is 0 Å². The Balaban J connectivity index is 1.60. The second kappa shape index (κ2) is 7.21. The van der Waals surface area contributed by atoms with E-state index in [0.29, 0.717) is 18.2 Å². The number of rotatable bonds is 5. The van der Waals surface area contributed by atoms with E-state index in [1.165, 1.54) is 0 Å². The lowest BCUT2D eigenvalue weighted by atomic mass is 9.97. The van der Waals surface area contributed by atoms with E-state index in [9.17, 15) is 4.79 Å². The molecule has 1 N–H and O–H groups in total. The fourth-order valence-corrected chi connectivity index (χ4v) is 3.11. The first-order valence-electron chi connectivity index (χ1n) is 7.85. The summed E-state index contributed by atoms with van der Waals surface area (Å²) in [4.78, 5) is 14.5. The first kappa shape index (κ1) is 15.5. The molecule has 2 saturated heterocycles. The molecular weight excluding hydrogens is 286 g/mol. The summed E-state index contributed by atoms with van der Waals surface area (Å²) in [6.45, 7) is 7.26. The van der Waals surface area contributed by atoms with E-state index in [-0.39, 0.29) is 17.7 Å². The summed E-state index contributed by atoms with van der Waals surface area (Å²) in [7, 11) is 0. The standard InChI is InChI=1S/C15H23N3O4/c1-11-8-14(22-17-11)15(19)16-9-13(12-2-5-21-10-12)18-3-6-20-7-4-18/h8,12-13H,2-7,9-10H2,1H3,(H,16,19)/t12-,13+/m0/s1. The van der Waals surface area contributed by atoms with Gasteiger partial charge in [-0.25, -0.2) is 0 Å². The monoisotopic (exact) mass is 309 g/mol. The third-order valence-electron chi connectivity index (χ3n) is 4.35. The molecule has 22 heavy (non-hydrogen) atoms. The van der Waals surface area contributed by atoms with Crippen molar-refractivity contribution in [2.45, 2.75) is 19.4 Å². The van der Waals surface area contributed by atoms with Crippen molar-refractivity contribution in [1.82, 2.24) is 15.4 Å². The first-order valence-corrected chi connectivity index (χ1v) is 7.85. The second-order valence-electron chi connectivity index (χ2n) is 5.88. The average Bonchev–Trinajstić information content (AvgIpc) is 3.20. The van der Waals surface area contributed by atoms with Crippen molar-refractivity contribution in [3.63, 3.8) is 0 Å². The van der Waals surface area contributed by atoms with Crippen LogP contribution in [0.1, 0.15) is 22.7 Å². The summed E-state index contributed by atoms with van der Waals surface area (Å²) in [5.74, 6) is 0.508. The number of ether oxygens (including phenoxy) is 2. The number of carbonyl (C=O) groups excluding carboxylic acids is 1. The zero-order valence-electron chi connectivity index (χ0n) is 12.9. The summed E-state index contributed by atoms with van der Waals surface area (Å²) < 4.78 is 16.0. The van der Waals surface area contributed by atoms with Crippen molar-refractivity contribution in [2.75, 3.05) is 46.1 Å². The van der Waals surface area contributed by atoms with Gasteiger partial charge in [0.05, 0.1) is 25.5 Å². The van der Waals surface area contributed by atoms with Gasteiger partial charge in [0.1, 0.15) is 0 Å². The van der Waals surface area contributed by atoms with E-state index in [1.54, 1.807) is 13.0 Å². The highest BCUT2D eigenvalue weighted by Crippen LogP contribution is 2.22. The number of morpholine rings is 1. The Kier molecular flexibility index (Phi) is 5.07. The van der Waals surface area contributed by atoms with Crippen LogP contribution in [0.5, 0.6) is 0 Å². The van der Waals surface area contributed by atoms with Gasteiger partial charge in [0, 0.05) is 44.3 Å². The van der Waals surface area contributed by atoms with E-state index < -0.39 is 0 Å². The summed E-state index contributed by atoms with van der Waals surface area (Å²) in [5, 5.41) is 6.73. The predicted molar refractivity (Wildman–Crippen MR) is 78.7 cm³/mol. The molecule has 2 aliphatic rings. The molecule has 0 bridgehead atoms. The Morgan fingerprint density at radius 1 is 1.41 bits per heavy atom. The fourth-order valence-electron chi connectivity index (χ4n) is 3.11. The van der Waals surface area contributed by atoms with Crippen molar-refractivity contribution in [3.05, 3.63) is 17.5 Å². The SMILES string of the molecule is Cc1cc(C(=O)NC[C@H]([C@H]2CCOC2)N2CCOCC2)on1. The van der Waals surface area contributed by atoms with Crippen LogP contribution in [-0.4, -0.2) is 68.1 Å². The fraction of sp³-hybridized carbons (Fsp3) is 0.733. The van der Waals surface area contributed by atoms with Gasteiger partial charge < -0.3 is 19.3 Å². The minimum absolute atomic E-state index is 0.210. The number of hydrogen-bond donors (Lipinski definition) is 1. The molecule has 1 aromatic heterocycles. The summed E-state index contributed by atoms with van der Waals surface area (Å²) in [5.41, 5.74) is 0.707. The zero-order chi connectivity index (χ0) is 15.4. The van der Waals surface area contributed by atoms with Crippen LogP contribution in [0.15, 0.2) is 10.6 Å². The lowest BCUT2D eigenvalue weighted by Crippen LogP contribution is -2.52. The zero-order valence-corrected chi connectivity index (χ0v) is 12.9. The number of amides is 1. The minimum Gasteiger partial charge on any atom is -0.381 e. The van der Waals surface area contributed by atoms with Gasteiger partial charge in [-0.05, 0) is 13.3 Å². The molecule has 0 spiro atoms. The first-order chi connectivity index (χ1) is 10.7. The topological polar surface area (TPSA) is 76.8 Å². The van der Waals surface area contributed by atoms with Gasteiger partial charge in [0.25, 0.3) is 5.91 Å². The Labute approximate surface area is 129 Å². The predicted octanol–water partition coefficient (Wildman–Crippen LogP) is 0.450. The number of hydrogen-bond acceptors (Lipinski definition) is 6. The Morgan fingerprint density at radius 2 is 2.23 bits per heavy atom. The van der Waals surface area contributed by atoms with Crippen LogP contribution < -0.4 is 5.32 Å². The minimum atomic E-state index is -0.210. The molecule has 0 aromatic carbocycles. The quantitative estimate of drug-likeness (QED) is 0.851. The van der Waals surface area contributed by atoms with Crippen LogP contribution in [0, 0.1) is 12.8 Å². The highest BCUT2D eigenvalue weighted by molar-refractivity contribution is 5.91. The van der Waals surface area contributed by atoms with E-state index in [0.717, 1.165) is 45.9 Å². The maximum atomic E-state index is 12.1. The van der Waals surface area contributed by atoms with Gasteiger partial charge in [-0.1, -0.05) is 5.16 Å². The molecule has 2 fully saturated rings. The van der Waals surface area contributed by atoms with E-state index in [4.69, 9.17) is 14.0 Å². The highest BCUT2D eigenvalue weighted by Gasteiger charge is 2.32. The maximum absolute atomic E-state index is 12.1. The van der Waals surface area contributed by atoms with Crippen LogP contribution in [-0.2, 0) is 9.47 Å². The van der Waals surface area contributed by atoms with E-state index in [1.807, 2.05) is 0 Å². The molecule has 1 amide bonds. The van der Waals surface area contributed by atoms with Gasteiger partial charge in [-0.3, -0.25) is 9.69 Å². The van der Waals surface area contributed by atoms with Crippen molar-refractivity contribution in [1.29, 1.82) is 0 Å². The number of nitrogens with one attached hydrogen (secondary N) is 1. The summed E-state index contributed by atoms with van der Waals surface area (Å²) in [6, 6.07) is 1.93. The lowest BCUT2D eigenvalue weighted by Gasteiger charge is -2.37. The molecule has 0 radical (unpaired) electrons. The van der Waals surface area contributed by atoms with Gasteiger partial charge in [-0.2, -0.15) is 0 Å². The van der Waals surface area contributed by atoms with E-state index in [2.05, 4.69) is 15.4 Å². The van der Waals surface area contributed by atoms with Crippen LogP contribution in [0.3, 0.4) is 0 Å². The Hall–Kier alpha value is -1.44. The average molecular weight is 309 g/mol. The molecule has 3 rings (SSSR count). The van der Waals surface area contributed by atoms with Crippen LogP contribution in [0.25, 0.3) is 0 Å². The van der Waals surface area contributed by atoms with Crippen LogP contribution in [0.4, 0.5) is 0 Å². The molecule has 0 unspecified atom stereocenters. The normalized spacial score (nSPS) is 24.3. The van der Waals surface area contributed by atoms with Crippen LogP contribution in [0.2, 0.25) is 0 Å². The number of nitrogens with zero attached hydrogens (tertiary/aromatic N) is 2. The van der Waals surface area contributed by atoms with Crippen molar-refractivity contribution < 1.29 is 18.8 Å². The van der Waals surface area contributed by atoms with Gasteiger partial charge in [-0.15, -0.1) is 0 Å². The molecule has 2 atom stereocenters. The molecule has 7 nitrogen and oxygen atoms in total. The molecule has 3 heterocycles. The van der Waals surface area contributed by atoms with E-state index >= 15 is 0 Å². The molecular formula is C15H23N3O4. The maximum Gasteiger partial charge on any atom is 0.289 e. The summed E-state index contributed by atoms with van der Waals surface area (Å²) in [6.07, 6.45) is 1.04. The number of aromatic nitrogens is 1. The smallest absolute Gasteiger partial charge is 0.289 e. The molecule has 7 heteroatoms. The third-order valence-corrected chi connectivity index (χ3v) is 4.35. The molecule has 0 saturated carbocycles. The molecule has 1 aromatic rings. The lowest BCUT2D eigenvalue weighted by molar-refractivity contribution is 0.00158. The number of carbonyl (C=O) groups is 1. The Bertz CT molecular complexity index is 493. The molecule has 122 valence electrons. The molecule has 2 aliphatic heterocycles. The summed E-state index contributed by atoms with van der Waals surface area (Å²) >= 11 is 0. The largest absolute Gasteiger partial charge is 0.381 e. The third kappa shape index (κ3) is 3.66. The van der Waals surface area contributed by atoms with Crippen molar-refractivity contribution in [3.8, 4) is 0 Å². The second-order valence-corrected chi connectivity index (χ2v) is 5.88. The Morgan fingerprint density at radius 3 is 2.86 bits per heavy atom. The number of aryl methyl sites for hydroxylation is 1. The van der Waals surface area contributed by atoms with Gasteiger partial charge in [0.15, 0.2) is 0 Å². The molecule has 0 aliphatic carbocycles.